The zero-order valence-electron chi connectivity index (χ0n) is 13.3. The molecule has 5 heteroatoms. The summed E-state index contributed by atoms with van der Waals surface area (Å²) in [5.41, 5.74) is 0.874. The van der Waals surface area contributed by atoms with Gasteiger partial charge in [-0.3, -0.25) is 4.79 Å². The number of fused-ring (bicyclic) bond motifs is 1. The minimum absolute atomic E-state index is 0.302. The van der Waals surface area contributed by atoms with E-state index in [0.717, 1.165) is 11.1 Å². The molecule has 0 bridgehead atoms. The number of carbonyl (C=O) groups excluding carboxylic acids is 2. The van der Waals surface area contributed by atoms with E-state index in [1.807, 2.05) is 12.1 Å². The second kappa shape index (κ2) is 6.43. The molecule has 1 unspecified atom stereocenters. The number of hydrogen-bond acceptors (Lipinski definition) is 3. The van der Waals surface area contributed by atoms with E-state index in [4.69, 9.17) is 4.74 Å². The first-order chi connectivity index (χ1) is 11.5. The maximum atomic E-state index is 13.1. The van der Waals surface area contributed by atoms with Crippen LogP contribution in [-0.4, -0.2) is 24.0 Å². The summed E-state index contributed by atoms with van der Waals surface area (Å²) < 4.78 is 18.5. The van der Waals surface area contributed by atoms with Crippen molar-refractivity contribution < 1.29 is 18.7 Å². The Labute approximate surface area is 139 Å². The molecule has 1 atom stereocenters. The Bertz CT molecular complexity index is 790. The van der Waals surface area contributed by atoms with Crippen LogP contribution >= 0.6 is 0 Å². The fourth-order valence-electron chi connectivity index (χ4n) is 2.86. The Morgan fingerprint density at radius 1 is 1.25 bits per heavy atom. The second-order valence-corrected chi connectivity index (χ2v) is 6.09. The maximum Gasteiger partial charge on any atom is 0.339 e. The lowest BCUT2D eigenvalue weighted by Gasteiger charge is -2.33. The molecule has 0 radical (unpaired) electrons. The van der Waals surface area contributed by atoms with Crippen LogP contribution in [0.3, 0.4) is 0 Å². The van der Waals surface area contributed by atoms with E-state index in [-0.39, 0.29) is 11.7 Å². The molecule has 2 aromatic carbocycles. The number of carbonyl (C=O) groups is 2. The molecule has 1 amide bonds. The van der Waals surface area contributed by atoms with Crippen molar-refractivity contribution in [1.82, 2.24) is 5.32 Å². The summed E-state index contributed by atoms with van der Waals surface area (Å²) in [5, 5.41) is 2.77. The summed E-state index contributed by atoms with van der Waals surface area (Å²) >= 11 is 0. The van der Waals surface area contributed by atoms with E-state index in [0.29, 0.717) is 24.9 Å². The Balaban J connectivity index is 1.64. The third-order valence-electron chi connectivity index (χ3n) is 4.15. The van der Waals surface area contributed by atoms with Crippen molar-refractivity contribution in [2.24, 2.45) is 0 Å². The van der Waals surface area contributed by atoms with Crippen molar-refractivity contribution in [2.75, 3.05) is 6.54 Å². The minimum atomic E-state index is -1.23. The highest BCUT2D eigenvalue weighted by atomic mass is 19.1. The van der Waals surface area contributed by atoms with Crippen LogP contribution in [0.5, 0.6) is 0 Å². The fourth-order valence-corrected chi connectivity index (χ4v) is 2.86. The molecule has 3 rings (SSSR count). The molecule has 0 spiro atoms. The summed E-state index contributed by atoms with van der Waals surface area (Å²) in [4.78, 5) is 24.6. The Hall–Kier alpha value is -2.69. The first kappa shape index (κ1) is 16.2. The maximum absolute atomic E-state index is 13.1. The number of benzene rings is 2. The highest BCUT2D eigenvalue weighted by Crippen LogP contribution is 2.28. The molecule has 124 valence electrons. The second-order valence-electron chi connectivity index (χ2n) is 6.09. The van der Waals surface area contributed by atoms with Crippen LogP contribution in [0.1, 0.15) is 28.4 Å². The third kappa shape index (κ3) is 3.30. The molecule has 1 aliphatic heterocycles. The summed E-state index contributed by atoms with van der Waals surface area (Å²) in [5.74, 6) is -1.13. The van der Waals surface area contributed by atoms with Gasteiger partial charge in [0.1, 0.15) is 5.82 Å². The average Bonchev–Trinajstić information content (AvgIpc) is 2.54. The number of esters is 1. The zero-order chi connectivity index (χ0) is 17.2. The van der Waals surface area contributed by atoms with Crippen LogP contribution in [0.4, 0.5) is 4.39 Å². The van der Waals surface area contributed by atoms with Crippen molar-refractivity contribution in [3.8, 4) is 0 Å². The minimum Gasteiger partial charge on any atom is -0.445 e. The van der Waals surface area contributed by atoms with Gasteiger partial charge in [-0.15, -0.1) is 0 Å². The number of ether oxygens (including phenoxy) is 1. The van der Waals surface area contributed by atoms with Crippen molar-refractivity contribution in [1.29, 1.82) is 0 Å². The van der Waals surface area contributed by atoms with Crippen molar-refractivity contribution in [3.63, 3.8) is 0 Å². The lowest BCUT2D eigenvalue weighted by Crippen LogP contribution is -2.52. The van der Waals surface area contributed by atoms with Gasteiger partial charge < -0.3 is 10.1 Å². The molecule has 0 aromatic heterocycles. The summed E-state index contributed by atoms with van der Waals surface area (Å²) in [6.07, 6.45) is 0.838. The summed E-state index contributed by atoms with van der Waals surface area (Å²) in [6, 6.07) is 13.4. The predicted molar refractivity (Wildman–Crippen MR) is 87.1 cm³/mol. The van der Waals surface area contributed by atoms with E-state index < -0.39 is 11.6 Å². The van der Waals surface area contributed by atoms with E-state index in [2.05, 4.69) is 5.32 Å². The van der Waals surface area contributed by atoms with Gasteiger partial charge in [-0.05, 0) is 42.7 Å². The Morgan fingerprint density at radius 3 is 2.83 bits per heavy atom. The number of cyclic esters (lactones) is 1. The normalized spacial score (nSPS) is 19.3. The van der Waals surface area contributed by atoms with E-state index in [9.17, 15) is 14.0 Å². The van der Waals surface area contributed by atoms with E-state index >= 15 is 0 Å². The molecule has 0 fully saturated rings. The Morgan fingerprint density at radius 2 is 2.04 bits per heavy atom. The van der Waals surface area contributed by atoms with Crippen LogP contribution < -0.4 is 5.32 Å². The molecule has 4 nitrogen and oxygen atoms in total. The van der Waals surface area contributed by atoms with Crippen molar-refractivity contribution in [3.05, 3.63) is 71.0 Å². The van der Waals surface area contributed by atoms with Crippen LogP contribution in [0.15, 0.2) is 48.5 Å². The van der Waals surface area contributed by atoms with Gasteiger partial charge >= 0.3 is 5.97 Å². The summed E-state index contributed by atoms with van der Waals surface area (Å²) in [7, 11) is 0. The standard InChI is InChI=1S/C19H18FNO3/c1-19(12-14-6-2-3-8-16(14)17(22)24-19)18(23)21-10-9-13-5-4-7-15(20)11-13/h2-8,11H,9-10,12H2,1H3,(H,21,23). The predicted octanol–water partition coefficient (Wildman–Crippen LogP) is 2.66. The molecule has 1 heterocycles. The largest absolute Gasteiger partial charge is 0.445 e. The van der Waals surface area contributed by atoms with Gasteiger partial charge in [-0.25, -0.2) is 9.18 Å². The fraction of sp³-hybridized carbons (Fsp3) is 0.263. The molecular formula is C19H18FNO3. The van der Waals surface area contributed by atoms with Gasteiger partial charge in [0.05, 0.1) is 5.56 Å². The summed E-state index contributed by atoms with van der Waals surface area (Å²) in [6.45, 7) is 1.95. The Kier molecular flexibility index (Phi) is 4.34. The molecule has 24 heavy (non-hydrogen) atoms. The SMILES string of the molecule is CC1(C(=O)NCCc2cccc(F)c2)Cc2ccccc2C(=O)O1. The van der Waals surface area contributed by atoms with Crippen molar-refractivity contribution in [2.45, 2.75) is 25.4 Å². The van der Waals surface area contributed by atoms with Gasteiger partial charge in [-0.2, -0.15) is 0 Å². The molecule has 1 N–H and O–H groups in total. The third-order valence-corrected chi connectivity index (χ3v) is 4.15. The van der Waals surface area contributed by atoms with E-state index in [1.54, 1.807) is 31.2 Å². The molecule has 0 saturated carbocycles. The number of rotatable bonds is 4. The van der Waals surface area contributed by atoms with Crippen LogP contribution in [0.25, 0.3) is 0 Å². The highest BCUT2D eigenvalue weighted by molar-refractivity contribution is 5.97. The number of amides is 1. The van der Waals surface area contributed by atoms with Crippen LogP contribution in [-0.2, 0) is 22.4 Å². The molecule has 0 saturated heterocycles. The topological polar surface area (TPSA) is 55.4 Å². The quantitative estimate of drug-likeness (QED) is 0.879. The number of nitrogens with one attached hydrogen (secondary N) is 1. The van der Waals surface area contributed by atoms with Gasteiger partial charge in [-0.1, -0.05) is 30.3 Å². The lowest BCUT2D eigenvalue weighted by atomic mass is 9.89. The number of halogens is 1. The smallest absolute Gasteiger partial charge is 0.339 e. The monoisotopic (exact) mass is 327 g/mol. The molecule has 1 aliphatic rings. The number of hydrogen-bond donors (Lipinski definition) is 1. The van der Waals surface area contributed by atoms with Gasteiger partial charge in [0, 0.05) is 13.0 Å². The molecular weight excluding hydrogens is 309 g/mol. The van der Waals surface area contributed by atoms with Gasteiger partial charge in [0.15, 0.2) is 5.60 Å². The lowest BCUT2D eigenvalue weighted by molar-refractivity contribution is -0.139. The van der Waals surface area contributed by atoms with Gasteiger partial charge in [0.2, 0.25) is 0 Å². The molecule has 2 aromatic rings. The van der Waals surface area contributed by atoms with Crippen LogP contribution in [0, 0.1) is 5.82 Å². The average molecular weight is 327 g/mol. The van der Waals surface area contributed by atoms with Crippen molar-refractivity contribution >= 4 is 11.9 Å². The van der Waals surface area contributed by atoms with E-state index in [1.165, 1.54) is 12.1 Å². The highest BCUT2D eigenvalue weighted by Gasteiger charge is 2.42. The van der Waals surface area contributed by atoms with Crippen LogP contribution in [0.2, 0.25) is 0 Å². The van der Waals surface area contributed by atoms with Gasteiger partial charge in [0.25, 0.3) is 5.91 Å². The first-order valence-corrected chi connectivity index (χ1v) is 7.82. The first-order valence-electron chi connectivity index (χ1n) is 7.82. The molecule has 0 aliphatic carbocycles. The zero-order valence-corrected chi connectivity index (χ0v) is 13.3.